The molecule has 3 heterocycles. The second-order valence-electron chi connectivity index (χ2n) is 4.75. The molecule has 0 bridgehead atoms. The summed E-state index contributed by atoms with van der Waals surface area (Å²) in [7, 11) is 0. The van der Waals surface area contributed by atoms with Gasteiger partial charge in [0.2, 0.25) is 11.9 Å². The molecule has 7 N–H and O–H groups in total. The maximum absolute atomic E-state index is 10.2. The highest BCUT2D eigenvalue weighted by molar-refractivity contribution is 5.25. The Kier molecular flexibility index (Phi) is 5.39. The summed E-state index contributed by atoms with van der Waals surface area (Å²) in [4.78, 5) is 51.8. The highest BCUT2D eigenvalue weighted by Crippen LogP contribution is 2.02. The average molecular weight is 348 g/mol. The molecule has 0 fully saturated rings. The Balaban J connectivity index is 0.000000212. The molecule has 3 aromatic rings. The molecule has 0 atom stereocenters. The third kappa shape index (κ3) is 5.42. The number of H-pyrrole nitrogens is 3. The van der Waals surface area contributed by atoms with Crippen molar-refractivity contribution in [3.63, 3.8) is 0 Å². The lowest BCUT2D eigenvalue weighted by Crippen LogP contribution is -2.34. The van der Waals surface area contributed by atoms with E-state index in [0.717, 1.165) is 12.4 Å². The predicted octanol–water partition coefficient (Wildman–Crippen LogP) is -2.46. The number of anilines is 2. The molecule has 0 radical (unpaired) electrons. The molecule has 0 unspecified atom stereocenters. The Bertz CT molecular complexity index is 916. The maximum Gasteiger partial charge on any atom is 0.330 e. The molecule has 0 aromatic carbocycles. The van der Waals surface area contributed by atoms with Gasteiger partial charge in [-0.25, -0.2) is 19.4 Å². The molecule has 13 heteroatoms. The van der Waals surface area contributed by atoms with Crippen LogP contribution in [-0.4, -0.2) is 39.5 Å². The zero-order valence-corrected chi connectivity index (χ0v) is 13.2. The van der Waals surface area contributed by atoms with Crippen LogP contribution in [0.4, 0.5) is 11.9 Å². The molecular formula is C12H16N10O3. The summed E-state index contributed by atoms with van der Waals surface area (Å²) < 4.78 is 2.01. The molecule has 0 saturated heterocycles. The van der Waals surface area contributed by atoms with Crippen LogP contribution in [-0.2, 0) is 13.0 Å². The van der Waals surface area contributed by atoms with E-state index in [1.165, 1.54) is 0 Å². The van der Waals surface area contributed by atoms with Crippen molar-refractivity contribution >= 4 is 11.9 Å². The fraction of sp³-hybridized carbons (Fsp3) is 0.250. The number of imidazole rings is 1. The zero-order chi connectivity index (χ0) is 18.4. The summed E-state index contributed by atoms with van der Waals surface area (Å²) in [5.41, 5.74) is 8.55. The Morgan fingerprint density at radius 3 is 1.92 bits per heavy atom. The molecule has 0 aliphatic rings. The van der Waals surface area contributed by atoms with Gasteiger partial charge in [0.05, 0.1) is 0 Å². The first-order chi connectivity index (χ1) is 11.8. The van der Waals surface area contributed by atoms with Crippen molar-refractivity contribution in [3.8, 4) is 0 Å². The lowest BCUT2D eigenvalue weighted by atomic mass is 10.4. The predicted molar refractivity (Wildman–Crippen MR) is 87.6 cm³/mol. The zero-order valence-electron chi connectivity index (χ0n) is 13.2. The van der Waals surface area contributed by atoms with E-state index in [0.29, 0.717) is 12.2 Å². The van der Waals surface area contributed by atoms with Gasteiger partial charge >= 0.3 is 17.1 Å². The van der Waals surface area contributed by atoms with E-state index in [-0.39, 0.29) is 11.9 Å². The van der Waals surface area contributed by atoms with Gasteiger partial charge in [0.1, 0.15) is 11.6 Å². The van der Waals surface area contributed by atoms with Gasteiger partial charge in [-0.2, -0.15) is 15.0 Å². The summed E-state index contributed by atoms with van der Waals surface area (Å²) in [6, 6.07) is 0. The van der Waals surface area contributed by atoms with E-state index in [9.17, 15) is 14.4 Å². The Labute approximate surface area is 139 Å². The standard InChI is InChI=1S/C9H13N7.C3H3N3O3/c1-6-12-3-5-16(6)4-2-7-13-8(10)15-9(11)14-7;7-1-4-2(8)6-3(9)5-1/h3,5H,2,4H2,1H3,(H4,10,11,13,14,15);(H3,4,5,6,7,8,9). The van der Waals surface area contributed by atoms with Crippen molar-refractivity contribution in [2.75, 3.05) is 11.5 Å². The topological polar surface area (TPSA) is 207 Å². The minimum Gasteiger partial charge on any atom is -0.368 e. The summed E-state index contributed by atoms with van der Waals surface area (Å²) in [5, 5.41) is 0. The van der Waals surface area contributed by atoms with Crippen LogP contribution >= 0.6 is 0 Å². The molecule has 0 spiro atoms. The normalized spacial score (nSPS) is 10.1. The molecule has 13 nitrogen and oxygen atoms in total. The molecule has 0 saturated carbocycles. The van der Waals surface area contributed by atoms with Gasteiger partial charge in [-0.1, -0.05) is 0 Å². The maximum atomic E-state index is 10.2. The van der Waals surface area contributed by atoms with Crippen molar-refractivity contribution in [1.29, 1.82) is 0 Å². The Morgan fingerprint density at radius 1 is 0.960 bits per heavy atom. The van der Waals surface area contributed by atoms with Gasteiger partial charge < -0.3 is 16.0 Å². The van der Waals surface area contributed by atoms with Crippen LogP contribution in [0.3, 0.4) is 0 Å². The molecule has 0 aliphatic heterocycles. The van der Waals surface area contributed by atoms with Crippen LogP contribution < -0.4 is 28.5 Å². The SMILES string of the molecule is Cc1nccn1CCc1nc(N)nc(N)n1.O=c1[nH]c(=O)[nH]c(=O)[nH]1. The number of nitrogen functional groups attached to an aromatic ring is 2. The molecule has 0 aliphatic carbocycles. The van der Waals surface area contributed by atoms with Crippen LogP contribution in [0.1, 0.15) is 11.6 Å². The summed E-state index contributed by atoms with van der Waals surface area (Å²) >= 11 is 0. The van der Waals surface area contributed by atoms with Crippen LogP contribution in [0.5, 0.6) is 0 Å². The molecule has 132 valence electrons. The first kappa shape index (κ1) is 17.6. The van der Waals surface area contributed by atoms with Crippen molar-refractivity contribution in [2.45, 2.75) is 19.9 Å². The van der Waals surface area contributed by atoms with E-state index in [1.807, 2.05) is 17.7 Å². The molecule has 3 aromatic heterocycles. The number of hydrogen-bond donors (Lipinski definition) is 5. The number of aromatic amines is 3. The minimum atomic E-state index is -0.802. The van der Waals surface area contributed by atoms with Crippen LogP contribution in [0, 0.1) is 6.92 Å². The Morgan fingerprint density at radius 2 is 1.48 bits per heavy atom. The summed E-state index contributed by atoms with van der Waals surface area (Å²) in [6.07, 6.45) is 4.31. The second kappa shape index (κ2) is 7.67. The number of aryl methyl sites for hydroxylation is 3. The van der Waals surface area contributed by atoms with Gasteiger partial charge in [-0.3, -0.25) is 15.0 Å². The van der Waals surface area contributed by atoms with Gasteiger partial charge in [-0.05, 0) is 6.92 Å². The van der Waals surface area contributed by atoms with Gasteiger partial charge in [-0.15, -0.1) is 0 Å². The number of nitrogens with one attached hydrogen (secondary N) is 3. The van der Waals surface area contributed by atoms with Crippen LogP contribution in [0.2, 0.25) is 0 Å². The smallest absolute Gasteiger partial charge is 0.330 e. The monoisotopic (exact) mass is 348 g/mol. The lowest BCUT2D eigenvalue weighted by Gasteiger charge is -2.04. The van der Waals surface area contributed by atoms with E-state index in [4.69, 9.17) is 11.5 Å². The minimum absolute atomic E-state index is 0.157. The van der Waals surface area contributed by atoms with E-state index in [2.05, 4.69) is 19.9 Å². The number of aromatic nitrogens is 8. The molecule has 25 heavy (non-hydrogen) atoms. The molecule has 0 amide bonds. The Hall–Kier alpha value is -3.77. The van der Waals surface area contributed by atoms with Gasteiger partial charge in [0.25, 0.3) is 0 Å². The quantitative estimate of drug-likeness (QED) is 0.339. The van der Waals surface area contributed by atoms with Crippen molar-refractivity contribution in [3.05, 3.63) is 55.5 Å². The summed E-state index contributed by atoms with van der Waals surface area (Å²) in [5.74, 6) is 1.86. The van der Waals surface area contributed by atoms with E-state index >= 15 is 0 Å². The van der Waals surface area contributed by atoms with Crippen molar-refractivity contribution in [2.24, 2.45) is 0 Å². The fourth-order valence-corrected chi connectivity index (χ4v) is 1.83. The van der Waals surface area contributed by atoms with Crippen molar-refractivity contribution in [1.82, 2.24) is 39.5 Å². The van der Waals surface area contributed by atoms with Crippen LogP contribution in [0.15, 0.2) is 26.8 Å². The summed E-state index contributed by atoms with van der Waals surface area (Å²) in [6.45, 7) is 2.69. The third-order valence-electron chi connectivity index (χ3n) is 2.90. The highest BCUT2D eigenvalue weighted by Gasteiger charge is 2.03. The van der Waals surface area contributed by atoms with E-state index in [1.54, 1.807) is 21.1 Å². The highest BCUT2D eigenvalue weighted by atomic mass is 16.2. The van der Waals surface area contributed by atoms with Crippen molar-refractivity contribution < 1.29 is 0 Å². The van der Waals surface area contributed by atoms with Gasteiger partial charge in [0, 0.05) is 25.4 Å². The second-order valence-corrected chi connectivity index (χ2v) is 4.75. The van der Waals surface area contributed by atoms with E-state index < -0.39 is 17.1 Å². The lowest BCUT2D eigenvalue weighted by molar-refractivity contribution is 0.651. The third-order valence-corrected chi connectivity index (χ3v) is 2.90. The number of nitrogens with two attached hydrogens (primary N) is 2. The molecule has 3 rings (SSSR count). The largest absolute Gasteiger partial charge is 0.368 e. The number of rotatable bonds is 3. The fourth-order valence-electron chi connectivity index (χ4n) is 1.83. The van der Waals surface area contributed by atoms with Crippen LogP contribution in [0.25, 0.3) is 0 Å². The first-order valence-electron chi connectivity index (χ1n) is 7.00. The number of hydrogen-bond acceptors (Lipinski definition) is 9. The molecular weight excluding hydrogens is 332 g/mol. The first-order valence-corrected chi connectivity index (χ1v) is 7.00. The average Bonchev–Trinajstić information content (AvgIpc) is 2.88. The van der Waals surface area contributed by atoms with Gasteiger partial charge in [0.15, 0.2) is 0 Å². The number of nitrogens with zero attached hydrogens (tertiary/aromatic N) is 5.